The molecule has 0 spiro atoms. The van der Waals surface area contributed by atoms with Crippen molar-refractivity contribution >= 4 is 11.6 Å². The predicted molar refractivity (Wildman–Crippen MR) is 81.1 cm³/mol. The van der Waals surface area contributed by atoms with Gasteiger partial charge in [-0.1, -0.05) is 20.8 Å². The third-order valence-electron chi connectivity index (χ3n) is 3.52. The van der Waals surface area contributed by atoms with Crippen LogP contribution in [-0.2, 0) is 6.42 Å². The van der Waals surface area contributed by atoms with Gasteiger partial charge in [-0.3, -0.25) is 0 Å². The predicted octanol–water partition coefficient (Wildman–Crippen LogP) is 1.83. The lowest BCUT2D eigenvalue weighted by atomic mass is 10.3. The smallest absolute Gasteiger partial charge is 0.254 e. The first-order valence-electron chi connectivity index (χ1n) is 7.44. The summed E-state index contributed by atoms with van der Waals surface area (Å²) in [6.07, 6.45) is 3.56. The summed E-state index contributed by atoms with van der Waals surface area (Å²) in [7, 11) is 0. The second-order valence-corrected chi connectivity index (χ2v) is 4.77. The monoisotopic (exact) mass is 276 g/mol. The van der Waals surface area contributed by atoms with Gasteiger partial charge in [0.2, 0.25) is 0 Å². The number of nitrogens with one attached hydrogen (secondary N) is 1. The molecule has 2 aromatic heterocycles. The summed E-state index contributed by atoms with van der Waals surface area (Å²) in [4.78, 5) is 11.0. The summed E-state index contributed by atoms with van der Waals surface area (Å²) in [5.41, 5.74) is 1.04. The fourth-order valence-electron chi connectivity index (χ4n) is 2.23. The van der Waals surface area contributed by atoms with Gasteiger partial charge in [-0.15, -0.1) is 0 Å². The van der Waals surface area contributed by atoms with Crippen molar-refractivity contribution in [1.29, 1.82) is 0 Å². The minimum atomic E-state index is 0.663. The van der Waals surface area contributed by atoms with Crippen molar-refractivity contribution in [3.63, 3.8) is 0 Å². The van der Waals surface area contributed by atoms with Crippen LogP contribution in [0.4, 0.5) is 5.82 Å². The molecule has 0 aliphatic heterocycles. The van der Waals surface area contributed by atoms with E-state index < -0.39 is 0 Å². The summed E-state index contributed by atoms with van der Waals surface area (Å²) in [6.45, 7) is 10.8. The Kier molecular flexibility index (Phi) is 5.29. The minimum absolute atomic E-state index is 0.663. The number of rotatable bonds is 8. The Hall–Kier alpha value is -1.69. The lowest BCUT2D eigenvalue weighted by Crippen LogP contribution is -2.25. The fourth-order valence-corrected chi connectivity index (χ4v) is 2.23. The van der Waals surface area contributed by atoms with Crippen LogP contribution in [0.3, 0.4) is 0 Å². The molecule has 2 rings (SSSR count). The second kappa shape index (κ2) is 7.19. The molecule has 0 amide bonds. The Morgan fingerprint density at radius 3 is 2.75 bits per heavy atom. The summed E-state index contributed by atoms with van der Waals surface area (Å²) < 4.78 is 1.76. The van der Waals surface area contributed by atoms with Crippen molar-refractivity contribution in [3.8, 4) is 0 Å². The topological polar surface area (TPSA) is 58.4 Å². The van der Waals surface area contributed by atoms with Crippen molar-refractivity contribution in [2.24, 2.45) is 0 Å². The van der Waals surface area contributed by atoms with Crippen LogP contribution in [0, 0.1) is 0 Å². The van der Waals surface area contributed by atoms with E-state index in [2.05, 4.69) is 52.1 Å². The molecule has 0 aromatic carbocycles. The Labute approximate surface area is 120 Å². The highest BCUT2D eigenvalue weighted by Crippen LogP contribution is 2.11. The first kappa shape index (κ1) is 14.7. The molecule has 20 heavy (non-hydrogen) atoms. The SMILES string of the molecule is CCc1cc(NCCCN(CC)CC)n2ncnc2n1. The molecule has 2 heterocycles. The average Bonchev–Trinajstić information content (AvgIpc) is 2.95. The van der Waals surface area contributed by atoms with Crippen LogP contribution in [0.2, 0.25) is 0 Å². The number of hydrogen-bond acceptors (Lipinski definition) is 5. The highest BCUT2D eigenvalue weighted by atomic mass is 15.3. The van der Waals surface area contributed by atoms with Crippen LogP contribution in [-0.4, -0.2) is 50.7 Å². The van der Waals surface area contributed by atoms with Gasteiger partial charge in [0.05, 0.1) is 0 Å². The number of anilines is 1. The molecule has 0 saturated carbocycles. The number of hydrogen-bond donors (Lipinski definition) is 1. The molecule has 6 heteroatoms. The molecule has 1 N–H and O–H groups in total. The standard InChI is InChI=1S/C14H24N6/c1-4-12-10-13(20-14(18-12)16-11-17-20)15-8-7-9-19(5-2)6-3/h10-11,15H,4-9H2,1-3H3. The summed E-state index contributed by atoms with van der Waals surface area (Å²) >= 11 is 0. The van der Waals surface area contributed by atoms with E-state index in [1.54, 1.807) is 10.8 Å². The summed E-state index contributed by atoms with van der Waals surface area (Å²) in [5, 5.41) is 7.66. The van der Waals surface area contributed by atoms with Gasteiger partial charge < -0.3 is 10.2 Å². The van der Waals surface area contributed by atoms with Crippen molar-refractivity contribution in [3.05, 3.63) is 18.1 Å². The van der Waals surface area contributed by atoms with E-state index in [0.29, 0.717) is 5.78 Å². The molecule has 0 saturated heterocycles. The quantitative estimate of drug-likeness (QED) is 0.745. The van der Waals surface area contributed by atoms with Gasteiger partial charge in [0.15, 0.2) is 0 Å². The van der Waals surface area contributed by atoms with Crippen molar-refractivity contribution < 1.29 is 0 Å². The van der Waals surface area contributed by atoms with Crippen molar-refractivity contribution in [1.82, 2.24) is 24.5 Å². The fraction of sp³-hybridized carbons (Fsp3) is 0.643. The van der Waals surface area contributed by atoms with Gasteiger partial charge >= 0.3 is 0 Å². The maximum atomic E-state index is 4.44. The molecule has 0 radical (unpaired) electrons. The molecule has 0 aliphatic rings. The maximum absolute atomic E-state index is 4.44. The van der Waals surface area contributed by atoms with Crippen LogP contribution in [0.1, 0.15) is 32.9 Å². The molecular formula is C14H24N6. The van der Waals surface area contributed by atoms with Gasteiger partial charge in [-0.05, 0) is 32.5 Å². The Balaban J connectivity index is 1.97. The van der Waals surface area contributed by atoms with E-state index in [9.17, 15) is 0 Å². The Morgan fingerprint density at radius 2 is 2.05 bits per heavy atom. The van der Waals surface area contributed by atoms with Gasteiger partial charge in [-0.25, -0.2) is 4.98 Å². The molecule has 0 fully saturated rings. The van der Waals surface area contributed by atoms with E-state index in [4.69, 9.17) is 0 Å². The second-order valence-electron chi connectivity index (χ2n) is 4.77. The van der Waals surface area contributed by atoms with Gasteiger partial charge in [0.25, 0.3) is 5.78 Å². The van der Waals surface area contributed by atoms with Crippen LogP contribution in [0.25, 0.3) is 5.78 Å². The van der Waals surface area contributed by atoms with E-state index in [1.807, 2.05) is 0 Å². The van der Waals surface area contributed by atoms with E-state index >= 15 is 0 Å². The third-order valence-corrected chi connectivity index (χ3v) is 3.52. The van der Waals surface area contributed by atoms with Crippen LogP contribution in [0.15, 0.2) is 12.4 Å². The molecule has 0 aliphatic carbocycles. The molecule has 2 aromatic rings. The Bertz CT molecular complexity index is 531. The zero-order chi connectivity index (χ0) is 14.4. The molecule has 0 atom stereocenters. The largest absolute Gasteiger partial charge is 0.370 e. The average molecular weight is 276 g/mol. The molecule has 110 valence electrons. The van der Waals surface area contributed by atoms with Gasteiger partial charge in [0, 0.05) is 18.3 Å². The van der Waals surface area contributed by atoms with Gasteiger partial charge in [0.1, 0.15) is 12.1 Å². The maximum Gasteiger partial charge on any atom is 0.254 e. The number of fused-ring (bicyclic) bond motifs is 1. The highest BCUT2D eigenvalue weighted by Gasteiger charge is 2.06. The van der Waals surface area contributed by atoms with Crippen molar-refractivity contribution in [2.45, 2.75) is 33.6 Å². The zero-order valence-electron chi connectivity index (χ0n) is 12.6. The number of aryl methyl sites for hydroxylation is 1. The molecular weight excluding hydrogens is 252 g/mol. The third kappa shape index (κ3) is 3.45. The molecule has 0 bridgehead atoms. The van der Waals surface area contributed by atoms with Gasteiger partial charge in [-0.2, -0.15) is 14.6 Å². The first-order valence-corrected chi connectivity index (χ1v) is 7.44. The highest BCUT2D eigenvalue weighted by molar-refractivity contribution is 5.44. The lowest BCUT2D eigenvalue weighted by molar-refractivity contribution is 0.303. The molecule has 6 nitrogen and oxygen atoms in total. The van der Waals surface area contributed by atoms with Crippen LogP contribution < -0.4 is 5.32 Å². The van der Waals surface area contributed by atoms with Crippen LogP contribution in [0.5, 0.6) is 0 Å². The van der Waals surface area contributed by atoms with Crippen LogP contribution >= 0.6 is 0 Å². The first-order chi connectivity index (χ1) is 9.78. The zero-order valence-corrected chi connectivity index (χ0v) is 12.6. The minimum Gasteiger partial charge on any atom is -0.370 e. The van der Waals surface area contributed by atoms with E-state index in [0.717, 1.165) is 50.5 Å². The Morgan fingerprint density at radius 1 is 1.25 bits per heavy atom. The van der Waals surface area contributed by atoms with E-state index in [-0.39, 0.29) is 0 Å². The normalized spacial score (nSPS) is 11.4. The summed E-state index contributed by atoms with van der Waals surface area (Å²) in [6, 6.07) is 2.05. The lowest BCUT2D eigenvalue weighted by Gasteiger charge is -2.18. The van der Waals surface area contributed by atoms with Crippen molar-refractivity contribution in [2.75, 3.05) is 31.5 Å². The number of nitrogens with zero attached hydrogens (tertiary/aromatic N) is 5. The summed E-state index contributed by atoms with van der Waals surface area (Å²) in [5.74, 6) is 1.64. The van der Waals surface area contributed by atoms with E-state index in [1.165, 1.54) is 0 Å². The molecule has 0 unspecified atom stereocenters. The number of aromatic nitrogens is 4.